The van der Waals surface area contributed by atoms with E-state index in [-0.39, 0.29) is 16.2 Å². The summed E-state index contributed by atoms with van der Waals surface area (Å²) in [4.78, 5) is 12.5. The Bertz CT molecular complexity index is 1440. The van der Waals surface area contributed by atoms with Crippen molar-refractivity contribution in [1.82, 2.24) is 19.7 Å². The number of rotatable bonds is 8. The summed E-state index contributed by atoms with van der Waals surface area (Å²) >= 11 is 0. The van der Waals surface area contributed by atoms with Gasteiger partial charge in [-0.05, 0) is 55.0 Å². The van der Waals surface area contributed by atoms with Crippen molar-refractivity contribution in [3.05, 3.63) is 72.7 Å². The van der Waals surface area contributed by atoms with Gasteiger partial charge in [0.2, 0.25) is 10.0 Å². The van der Waals surface area contributed by atoms with Crippen LogP contribution < -0.4 is 10.0 Å². The zero-order valence-electron chi connectivity index (χ0n) is 18.7. The van der Waals surface area contributed by atoms with Gasteiger partial charge in [-0.25, -0.2) is 23.1 Å². The molecule has 4 aromatic rings. The molecular weight excluding hydrogens is 479 g/mol. The molecule has 182 valence electrons. The molecule has 4 rings (SSSR count). The molecule has 11 heteroatoms. The first-order valence-electron chi connectivity index (χ1n) is 10.8. The van der Waals surface area contributed by atoms with Crippen molar-refractivity contribution < 1.29 is 21.6 Å². The topological polar surface area (TPSA) is 96.9 Å². The smallest absolute Gasteiger partial charge is 0.340 e. The van der Waals surface area contributed by atoms with Gasteiger partial charge in [0.05, 0.1) is 21.7 Å². The first-order chi connectivity index (χ1) is 16.7. The van der Waals surface area contributed by atoms with Crippen LogP contribution in [0.15, 0.2) is 72.0 Å². The van der Waals surface area contributed by atoms with Crippen LogP contribution in [0.5, 0.6) is 0 Å². The number of anilines is 2. The van der Waals surface area contributed by atoms with E-state index in [1.54, 1.807) is 18.2 Å². The van der Waals surface area contributed by atoms with Crippen molar-refractivity contribution in [2.75, 3.05) is 11.9 Å². The quantitative estimate of drug-likeness (QED) is 0.308. The molecule has 0 atom stereocenters. The van der Waals surface area contributed by atoms with Gasteiger partial charge in [0, 0.05) is 29.4 Å². The van der Waals surface area contributed by atoms with Crippen molar-refractivity contribution in [2.24, 2.45) is 0 Å². The number of halogens is 3. The fraction of sp³-hybridized carbons (Fsp3) is 0.208. The van der Waals surface area contributed by atoms with Crippen molar-refractivity contribution in [3.8, 4) is 11.3 Å². The number of aromatic nitrogens is 3. The van der Waals surface area contributed by atoms with Crippen LogP contribution in [0.3, 0.4) is 0 Å². The van der Waals surface area contributed by atoms with E-state index in [1.807, 2.05) is 6.92 Å². The molecule has 0 saturated carbocycles. The van der Waals surface area contributed by atoms with Gasteiger partial charge in [0.25, 0.3) is 0 Å². The molecule has 0 amide bonds. The molecular formula is C24H22F3N5O2S. The number of nitrogens with zero attached hydrogens (tertiary/aromatic N) is 3. The number of unbranched alkanes of at least 4 members (excludes halogenated alkanes) is 1. The van der Waals surface area contributed by atoms with Crippen LogP contribution in [0.2, 0.25) is 0 Å². The van der Waals surface area contributed by atoms with Gasteiger partial charge in [-0.3, -0.25) is 4.98 Å². The molecule has 0 spiro atoms. The molecule has 0 radical (unpaired) electrons. The Morgan fingerprint density at radius 1 is 0.971 bits per heavy atom. The third-order valence-electron chi connectivity index (χ3n) is 5.27. The summed E-state index contributed by atoms with van der Waals surface area (Å²) in [6.07, 6.45) is -0.300. The molecule has 0 aliphatic heterocycles. The molecule has 2 heterocycles. The second-order valence-electron chi connectivity index (χ2n) is 7.75. The standard InChI is InChI=1S/C24H22F3N5O2S/c1-2-3-13-31-35(33,34)18-9-7-17(8-10-18)32-23-19-11-6-16(14-21(19)29-15-30-23)22-20(24(25,26)27)5-4-12-28-22/h4-12,14-15,31H,2-3,13H2,1H3,(H,29,30,32). The fourth-order valence-electron chi connectivity index (χ4n) is 3.49. The van der Waals surface area contributed by atoms with E-state index in [0.717, 1.165) is 18.9 Å². The molecule has 2 N–H and O–H groups in total. The molecule has 0 fully saturated rings. The Labute approximate surface area is 200 Å². The average Bonchev–Trinajstić information content (AvgIpc) is 2.84. The summed E-state index contributed by atoms with van der Waals surface area (Å²) in [7, 11) is -3.59. The molecule has 0 unspecified atom stereocenters. The highest BCUT2D eigenvalue weighted by atomic mass is 32.2. The van der Waals surface area contributed by atoms with Crippen molar-refractivity contribution in [1.29, 1.82) is 0 Å². The average molecular weight is 502 g/mol. The van der Waals surface area contributed by atoms with Crippen LogP contribution in [0.4, 0.5) is 24.7 Å². The Balaban J connectivity index is 1.60. The van der Waals surface area contributed by atoms with E-state index < -0.39 is 21.8 Å². The number of pyridine rings is 1. The lowest BCUT2D eigenvalue weighted by molar-refractivity contribution is -0.137. The van der Waals surface area contributed by atoms with E-state index >= 15 is 0 Å². The summed E-state index contributed by atoms with van der Waals surface area (Å²) in [5, 5.41) is 3.69. The number of hydrogen-bond acceptors (Lipinski definition) is 6. The first kappa shape index (κ1) is 24.6. The maximum atomic E-state index is 13.4. The van der Waals surface area contributed by atoms with Gasteiger partial charge >= 0.3 is 6.18 Å². The predicted octanol–water partition coefficient (Wildman–Crippen LogP) is 5.53. The summed E-state index contributed by atoms with van der Waals surface area (Å²) in [5.74, 6) is 0.426. The van der Waals surface area contributed by atoms with Gasteiger partial charge < -0.3 is 5.32 Å². The van der Waals surface area contributed by atoms with E-state index in [0.29, 0.717) is 29.0 Å². The number of hydrogen-bond donors (Lipinski definition) is 2. The lowest BCUT2D eigenvalue weighted by Crippen LogP contribution is -2.24. The minimum atomic E-state index is -4.54. The van der Waals surface area contributed by atoms with Crippen molar-refractivity contribution in [2.45, 2.75) is 30.8 Å². The summed E-state index contributed by atoms with van der Waals surface area (Å²) in [6.45, 7) is 2.35. The minimum absolute atomic E-state index is 0.146. The maximum Gasteiger partial charge on any atom is 0.418 e. The van der Waals surface area contributed by atoms with Crippen LogP contribution in [0.25, 0.3) is 22.2 Å². The van der Waals surface area contributed by atoms with Gasteiger partial charge in [0.1, 0.15) is 12.1 Å². The van der Waals surface area contributed by atoms with Gasteiger partial charge in [-0.1, -0.05) is 19.4 Å². The molecule has 0 saturated heterocycles. The Hall–Kier alpha value is -3.57. The number of nitrogens with one attached hydrogen (secondary N) is 2. The fourth-order valence-corrected chi connectivity index (χ4v) is 4.56. The minimum Gasteiger partial charge on any atom is -0.340 e. The van der Waals surface area contributed by atoms with Crippen LogP contribution in [0, 0.1) is 0 Å². The van der Waals surface area contributed by atoms with Crippen LogP contribution in [0.1, 0.15) is 25.3 Å². The molecule has 0 aliphatic rings. The van der Waals surface area contributed by atoms with Crippen LogP contribution in [-0.4, -0.2) is 29.9 Å². The summed E-state index contributed by atoms with van der Waals surface area (Å²) in [5.41, 5.74) is 0.286. The second-order valence-corrected chi connectivity index (χ2v) is 9.52. The van der Waals surface area contributed by atoms with Crippen molar-refractivity contribution in [3.63, 3.8) is 0 Å². The number of fused-ring (bicyclic) bond motifs is 1. The highest BCUT2D eigenvalue weighted by Crippen LogP contribution is 2.36. The lowest BCUT2D eigenvalue weighted by atomic mass is 10.0. The molecule has 2 aromatic heterocycles. The highest BCUT2D eigenvalue weighted by Gasteiger charge is 2.34. The molecule has 0 bridgehead atoms. The van der Waals surface area contributed by atoms with Crippen LogP contribution >= 0.6 is 0 Å². The molecule has 0 aliphatic carbocycles. The number of sulfonamides is 1. The molecule has 35 heavy (non-hydrogen) atoms. The second kappa shape index (κ2) is 9.96. The van der Waals surface area contributed by atoms with E-state index in [1.165, 1.54) is 42.9 Å². The third kappa shape index (κ3) is 5.57. The SMILES string of the molecule is CCCCNS(=O)(=O)c1ccc(Nc2ncnc3cc(-c4ncccc4C(F)(F)F)ccc23)cc1. The van der Waals surface area contributed by atoms with Gasteiger partial charge in [0.15, 0.2) is 0 Å². The predicted molar refractivity (Wildman–Crippen MR) is 128 cm³/mol. The summed E-state index contributed by atoms with van der Waals surface area (Å²) < 4.78 is 67.5. The molecule has 2 aromatic carbocycles. The van der Waals surface area contributed by atoms with E-state index in [4.69, 9.17) is 0 Å². The number of benzene rings is 2. The lowest BCUT2D eigenvalue weighted by Gasteiger charge is -2.13. The Morgan fingerprint density at radius 2 is 1.74 bits per heavy atom. The normalized spacial score (nSPS) is 12.1. The largest absolute Gasteiger partial charge is 0.418 e. The monoisotopic (exact) mass is 501 g/mol. The molecule has 7 nitrogen and oxygen atoms in total. The first-order valence-corrected chi connectivity index (χ1v) is 12.3. The highest BCUT2D eigenvalue weighted by molar-refractivity contribution is 7.89. The van der Waals surface area contributed by atoms with E-state index in [9.17, 15) is 21.6 Å². The Kier molecular flexibility index (Phi) is 6.99. The van der Waals surface area contributed by atoms with Crippen molar-refractivity contribution >= 4 is 32.4 Å². The van der Waals surface area contributed by atoms with E-state index in [2.05, 4.69) is 25.0 Å². The number of alkyl halides is 3. The summed E-state index contributed by atoms with van der Waals surface area (Å²) in [6, 6.07) is 13.1. The van der Waals surface area contributed by atoms with Gasteiger partial charge in [-0.2, -0.15) is 13.2 Å². The third-order valence-corrected chi connectivity index (χ3v) is 6.75. The maximum absolute atomic E-state index is 13.4. The van der Waals surface area contributed by atoms with Gasteiger partial charge in [-0.15, -0.1) is 0 Å². The zero-order chi connectivity index (χ0) is 25.1. The Morgan fingerprint density at radius 3 is 2.46 bits per heavy atom. The zero-order valence-corrected chi connectivity index (χ0v) is 19.5. The van der Waals surface area contributed by atoms with Crippen LogP contribution in [-0.2, 0) is 16.2 Å².